The second-order valence-corrected chi connectivity index (χ2v) is 3.92. The molecule has 0 atom stereocenters. The summed E-state index contributed by atoms with van der Waals surface area (Å²) in [6.07, 6.45) is 1.56. The minimum absolute atomic E-state index is 0.0635. The summed E-state index contributed by atoms with van der Waals surface area (Å²) in [5.41, 5.74) is 1.03. The molecule has 1 heterocycles. The lowest BCUT2D eigenvalue weighted by atomic mass is 10.2. The van der Waals surface area contributed by atoms with Gasteiger partial charge in [-0.1, -0.05) is 11.6 Å². The van der Waals surface area contributed by atoms with Gasteiger partial charge in [0, 0.05) is 17.3 Å². The van der Waals surface area contributed by atoms with Gasteiger partial charge in [-0.3, -0.25) is 10.1 Å². The van der Waals surface area contributed by atoms with Crippen molar-refractivity contribution in [2.45, 2.75) is 6.54 Å². The molecule has 18 heavy (non-hydrogen) atoms. The zero-order valence-corrected chi connectivity index (χ0v) is 9.96. The van der Waals surface area contributed by atoms with Crippen LogP contribution in [0.25, 0.3) is 0 Å². The van der Waals surface area contributed by atoms with Gasteiger partial charge in [0.15, 0.2) is 0 Å². The third-order valence-electron chi connectivity index (χ3n) is 2.24. The molecule has 0 spiro atoms. The summed E-state index contributed by atoms with van der Waals surface area (Å²) in [4.78, 5) is 10.4. The van der Waals surface area contributed by atoms with Crippen molar-refractivity contribution in [3.63, 3.8) is 0 Å². The number of nitro benzene ring substituents is 1. The summed E-state index contributed by atoms with van der Waals surface area (Å²) in [7, 11) is 0. The summed E-state index contributed by atoms with van der Waals surface area (Å²) in [6, 6.07) is 7.99. The Labute approximate surface area is 108 Å². The maximum absolute atomic E-state index is 10.9. The third-order valence-corrected chi connectivity index (χ3v) is 2.48. The van der Waals surface area contributed by atoms with E-state index in [1.807, 2.05) is 0 Å². The van der Waals surface area contributed by atoms with Crippen LogP contribution in [-0.4, -0.2) is 15.1 Å². The highest BCUT2D eigenvalue weighted by Gasteiger charge is 2.13. The molecule has 0 amide bonds. The maximum Gasteiger partial charge on any atom is 0.293 e. The maximum atomic E-state index is 10.9. The first-order chi connectivity index (χ1) is 8.66. The van der Waals surface area contributed by atoms with Gasteiger partial charge >= 0.3 is 0 Å². The molecule has 0 fully saturated rings. The van der Waals surface area contributed by atoms with E-state index in [2.05, 4.69) is 15.5 Å². The van der Waals surface area contributed by atoms with Gasteiger partial charge in [0.2, 0.25) is 0 Å². The van der Waals surface area contributed by atoms with E-state index in [1.54, 1.807) is 30.5 Å². The number of nitrogens with one attached hydrogen (secondary N) is 1. The Morgan fingerprint density at radius 2 is 2.22 bits per heavy atom. The Balaban J connectivity index is 2.17. The Morgan fingerprint density at radius 1 is 1.39 bits per heavy atom. The minimum Gasteiger partial charge on any atom is -0.374 e. The van der Waals surface area contributed by atoms with Gasteiger partial charge in [0.05, 0.1) is 17.2 Å². The van der Waals surface area contributed by atoms with Crippen LogP contribution < -0.4 is 5.32 Å². The van der Waals surface area contributed by atoms with Crippen molar-refractivity contribution in [3.05, 3.63) is 57.4 Å². The second-order valence-electron chi connectivity index (χ2n) is 3.49. The molecule has 7 heteroatoms. The number of rotatable bonds is 4. The van der Waals surface area contributed by atoms with Crippen molar-refractivity contribution >= 4 is 23.0 Å². The topological polar surface area (TPSA) is 81.0 Å². The summed E-state index contributed by atoms with van der Waals surface area (Å²) < 4.78 is 0. The SMILES string of the molecule is O=[N+]([O-])c1cc(Cl)ccc1NCc1cccnn1. The van der Waals surface area contributed by atoms with Crippen LogP contribution in [0, 0.1) is 10.1 Å². The van der Waals surface area contributed by atoms with Crippen molar-refractivity contribution in [2.24, 2.45) is 0 Å². The monoisotopic (exact) mass is 264 g/mol. The Kier molecular flexibility index (Phi) is 3.69. The second kappa shape index (κ2) is 5.42. The highest BCUT2D eigenvalue weighted by atomic mass is 35.5. The number of nitro groups is 1. The van der Waals surface area contributed by atoms with E-state index in [1.165, 1.54) is 6.07 Å². The van der Waals surface area contributed by atoms with Crippen molar-refractivity contribution in [1.29, 1.82) is 0 Å². The number of halogens is 1. The lowest BCUT2D eigenvalue weighted by Crippen LogP contribution is -2.04. The van der Waals surface area contributed by atoms with E-state index < -0.39 is 4.92 Å². The lowest BCUT2D eigenvalue weighted by Gasteiger charge is -2.06. The van der Waals surface area contributed by atoms with Crippen molar-refractivity contribution in [3.8, 4) is 0 Å². The number of hydrogen-bond acceptors (Lipinski definition) is 5. The van der Waals surface area contributed by atoms with E-state index in [4.69, 9.17) is 11.6 Å². The van der Waals surface area contributed by atoms with Gasteiger partial charge < -0.3 is 5.32 Å². The van der Waals surface area contributed by atoms with E-state index in [-0.39, 0.29) is 5.69 Å². The first kappa shape index (κ1) is 12.3. The van der Waals surface area contributed by atoms with Crippen molar-refractivity contribution in [2.75, 3.05) is 5.32 Å². The van der Waals surface area contributed by atoms with Crippen LogP contribution in [0.4, 0.5) is 11.4 Å². The van der Waals surface area contributed by atoms with Gasteiger partial charge in [0.1, 0.15) is 5.69 Å². The van der Waals surface area contributed by atoms with Crippen LogP contribution in [-0.2, 0) is 6.54 Å². The summed E-state index contributed by atoms with van der Waals surface area (Å²) in [5, 5.41) is 21.7. The quantitative estimate of drug-likeness (QED) is 0.678. The van der Waals surface area contributed by atoms with Crippen LogP contribution in [0.3, 0.4) is 0 Å². The van der Waals surface area contributed by atoms with E-state index in [0.29, 0.717) is 22.9 Å². The van der Waals surface area contributed by atoms with Gasteiger partial charge in [-0.05, 0) is 24.3 Å². The zero-order valence-electron chi connectivity index (χ0n) is 9.21. The molecular formula is C11H9ClN4O2. The molecule has 6 nitrogen and oxygen atoms in total. The van der Waals surface area contributed by atoms with Crippen LogP contribution in [0.2, 0.25) is 5.02 Å². The first-order valence-corrected chi connectivity index (χ1v) is 5.49. The predicted octanol–water partition coefficient (Wildman–Crippen LogP) is 2.65. The molecule has 1 aromatic carbocycles. The summed E-state index contributed by atoms with van der Waals surface area (Å²) >= 11 is 5.72. The fraction of sp³-hybridized carbons (Fsp3) is 0.0909. The minimum atomic E-state index is -0.481. The average Bonchev–Trinajstić information content (AvgIpc) is 2.38. The number of aromatic nitrogens is 2. The number of nitrogens with zero attached hydrogens (tertiary/aromatic N) is 3. The smallest absolute Gasteiger partial charge is 0.293 e. The Hall–Kier alpha value is -2.21. The molecular weight excluding hydrogens is 256 g/mol. The van der Waals surface area contributed by atoms with Crippen molar-refractivity contribution < 1.29 is 4.92 Å². The molecule has 0 aliphatic heterocycles. The van der Waals surface area contributed by atoms with Gasteiger partial charge in [-0.2, -0.15) is 10.2 Å². The van der Waals surface area contributed by atoms with Crippen molar-refractivity contribution in [1.82, 2.24) is 10.2 Å². The summed E-state index contributed by atoms with van der Waals surface area (Å²) in [6.45, 7) is 0.357. The van der Waals surface area contributed by atoms with Crippen LogP contribution >= 0.6 is 11.6 Å². The van der Waals surface area contributed by atoms with Gasteiger partial charge in [-0.25, -0.2) is 0 Å². The molecule has 0 bridgehead atoms. The predicted molar refractivity (Wildman–Crippen MR) is 67.5 cm³/mol. The molecule has 1 aromatic heterocycles. The van der Waals surface area contributed by atoms with Gasteiger partial charge in [0.25, 0.3) is 5.69 Å². The van der Waals surface area contributed by atoms with E-state index in [9.17, 15) is 10.1 Å². The zero-order chi connectivity index (χ0) is 13.0. The third kappa shape index (κ3) is 2.92. The number of anilines is 1. The largest absolute Gasteiger partial charge is 0.374 e. The molecule has 0 saturated heterocycles. The molecule has 0 saturated carbocycles. The number of hydrogen-bond donors (Lipinski definition) is 1. The molecule has 2 rings (SSSR count). The average molecular weight is 265 g/mol. The van der Waals surface area contributed by atoms with Crippen LogP contribution in [0.5, 0.6) is 0 Å². The fourth-order valence-electron chi connectivity index (χ4n) is 1.42. The van der Waals surface area contributed by atoms with Crippen LogP contribution in [0.1, 0.15) is 5.69 Å². The molecule has 0 radical (unpaired) electrons. The first-order valence-electron chi connectivity index (χ1n) is 5.11. The van der Waals surface area contributed by atoms with E-state index in [0.717, 1.165) is 0 Å². The molecule has 2 aromatic rings. The highest BCUT2D eigenvalue weighted by molar-refractivity contribution is 6.30. The van der Waals surface area contributed by atoms with Crippen LogP contribution in [0.15, 0.2) is 36.5 Å². The normalized spacial score (nSPS) is 10.1. The highest BCUT2D eigenvalue weighted by Crippen LogP contribution is 2.27. The molecule has 0 aliphatic rings. The number of benzene rings is 1. The molecule has 0 unspecified atom stereocenters. The summed E-state index contributed by atoms with van der Waals surface area (Å²) in [5.74, 6) is 0. The fourth-order valence-corrected chi connectivity index (χ4v) is 1.59. The Bertz CT molecular complexity index is 562. The van der Waals surface area contributed by atoms with E-state index >= 15 is 0 Å². The molecule has 1 N–H and O–H groups in total. The molecule has 92 valence electrons. The Morgan fingerprint density at radius 3 is 2.89 bits per heavy atom. The standard InChI is InChI=1S/C11H9ClN4O2/c12-8-3-4-10(11(6-8)16(17)18)13-7-9-2-1-5-14-15-9/h1-6,13H,7H2. The van der Waals surface area contributed by atoms with Gasteiger partial charge in [-0.15, -0.1) is 0 Å². The molecule has 0 aliphatic carbocycles. The lowest BCUT2D eigenvalue weighted by molar-refractivity contribution is -0.383.